The summed E-state index contributed by atoms with van der Waals surface area (Å²) in [6.45, 7) is 5.71. The summed E-state index contributed by atoms with van der Waals surface area (Å²) in [5.74, 6) is 1.30. The number of halogens is 1. The predicted molar refractivity (Wildman–Crippen MR) is 104 cm³/mol. The van der Waals surface area contributed by atoms with Crippen LogP contribution in [-0.4, -0.2) is 22.0 Å². The molecule has 0 aliphatic heterocycles. The van der Waals surface area contributed by atoms with Gasteiger partial charge in [-0.05, 0) is 56.7 Å². The Morgan fingerprint density at radius 2 is 2.04 bits per heavy atom. The van der Waals surface area contributed by atoms with Gasteiger partial charge in [-0.25, -0.2) is 4.98 Å². The molecule has 25 heavy (non-hydrogen) atoms. The summed E-state index contributed by atoms with van der Waals surface area (Å²) < 4.78 is 7.82. The first kappa shape index (κ1) is 17.4. The van der Waals surface area contributed by atoms with Crippen molar-refractivity contribution >= 4 is 33.0 Å². The topological polar surface area (TPSA) is 56.5 Å². The molecule has 0 amide bonds. The standard InChI is InChI=1S/C19H18BrN3O2/c1-12(2)25-16-6-4-5-14(9-16)11-21-23-13(3)22-18-8-7-15(20)10-17(18)19(23)24/h4-12H,1-3H3. The minimum absolute atomic E-state index is 0.0974. The van der Waals surface area contributed by atoms with Crippen molar-refractivity contribution in [1.82, 2.24) is 9.66 Å². The van der Waals surface area contributed by atoms with Gasteiger partial charge in [-0.3, -0.25) is 4.79 Å². The van der Waals surface area contributed by atoms with Gasteiger partial charge >= 0.3 is 0 Å². The van der Waals surface area contributed by atoms with Gasteiger partial charge in [0.2, 0.25) is 0 Å². The number of hydrogen-bond donors (Lipinski definition) is 0. The smallest absolute Gasteiger partial charge is 0.282 e. The SMILES string of the molecule is Cc1nc2ccc(Br)cc2c(=O)n1N=Cc1cccc(OC(C)C)c1. The Labute approximate surface area is 154 Å². The molecule has 3 aromatic rings. The number of fused-ring (bicyclic) bond motifs is 1. The number of hydrogen-bond acceptors (Lipinski definition) is 4. The lowest BCUT2D eigenvalue weighted by molar-refractivity contribution is 0.242. The first-order valence-electron chi connectivity index (χ1n) is 7.94. The second kappa shape index (κ2) is 7.19. The van der Waals surface area contributed by atoms with Crippen molar-refractivity contribution in [3.05, 3.63) is 68.7 Å². The third kappa shape index (κ3) is 3.96. The fourth-order valence-electron chi connectivity index (χ4n) is 2.46. The lowest BCUT2D eigenvalue weighted by atomic mass is 10.2. The molecule has 0 aliphatic rings. The van der Waals surface area contributed by atoms with Gasteiger partial charge in [0.25, 0.3) is 5.56 Å². The minimum atomic E-state index is -0.199. The van der Waals surface area contributed by atoms with Crippen molar-refractivity contribution in [2.45, 2.75) is 26.9 Å². The van der Waals surface area contributed by atoms with Gasteiger partial charge in [0.1, 0.15) is 11.6 Å². The van der Waals surface area contributed by atoms with Crippen LogP contribution >= 0.6 is 15.9 Å². The molecule has 0 N–H and O–H groups in total. The number of ether oxygens (including phenoxy) is 1. The zero-order chi connectivity index (χ0) is 18.0. The van der Waals surface area contributed by atoms with Gasteiger partial charge in [0.05, 0.1) is 23.2 Å². The molecular formula is C19H18BrN3O2. The molecule has 0 saturated carbocycles. The highest BCUT2D eigenvalue weighted by Gasteiger charge is 2.07. The van der Waals surface area contributed by atoms with E-state index >= 15 is 0 Å². The lowest BCUT2D eigenvalue weighted by Crippen LogP contribution is -2.20. The van der Waals surface area contributed by atoms with E-state index in [9.17, 15) is 4.79 Å². The molecule has 2 aromatic carbocycles. The molecule has 0 radical (unpaired) electrons. The highest BCUT2D eigenvalue weighted by atomic mass is 79.9. The number of benzene rings is 2. The summed E-state index contributed by atoms with van der Waals surface area (Å²) in [5.41, 5.74) is 1.30. The van der Waals surface area contributed by atoms with Crippen LogP contribution in [0.2, 0.25) is 0 Å². The van der Waals surface area contributed by atoms with Crippen LogP contribution in [0.25, 0.3) is 10.9 Å². The molecule has 0 fully saturated rings. The van der Waals surface area contributed by atoms with Gasteiger partial charge in [-0.2, -0.15) is 9.78 Å². The fraction of sp³-hybridized carbons (Fsp3) is 0.211. The van der Waals surface area contributed by atoms with E-state index in [2.05, 4.69) is 26.0 Å². The molecule has 5 nitrogen and oxygen atoms in total. The van der Waals surface area contributed by atoms with Crippen LogP contribution in [0.5, 0.6) is 5.75 Å². The number of rotatable bonds is 4. The van der Waals surface area contributed by atoms with Gasteiger partial charge in [0.15, 0.2) is 0 Å². The summed E-state index contributed by atoms with van der Waals surface area (Å²) in [6.07, 6.45) is 1.73. The maximum Gasteiger partial charge on any atom is 0.282 e. The van der Waals surface area contributed by atoms with Crippen LogP contribution in [0.1, 0.15) is 25.2 Å². The first-order valence-corrected chi connectivity index (χ1v) is 8.73. The second-order valence-corrected chi connectivity index (χ2v) is 6.84. The van der Waals surface area contributed by atoms with Crippen molar-refractivity contribution in [1.29, 1.82) is 0 Å². The zero-order valence-corrected chi connectivity index (χ0v) is 15.8. The highest BCUT2D eigenvalue weighted by Crippen LogP contribution is 2.16. The maximum atomic E-state index is 12.7. The zero-order valence-electron chi connectivity index (χ0n) is 14.2. The highest BCUT2D eigenvalue weighted by molar-refractivity contribution is 9.10. The molecule has 6 heteroatoms. The van der Waals surface area contributed by atoms with Crippen molar-refractivity contribution in [2.24, 2.45) is 5.10 Å². The first-order chi connectivity index (χ1) is 11.9. The van der Waals surface area contributed by atoms with Crippen molar-refractivity contribution in [3.8, 4) is 5.75 Å². The van der Waals surface area contributed by atoms with Crippen LogP contribution in [-0.2, 0) is 0 Å². The largest absolute Gasteiger partial charge is 0.491 e. The molecule has 1 heterocycles. The third-order valence-corrected chi connectivity index (χ3v) is 4.02. The molecular weight excluding hydrogens is 382 g/mol. The van der Waals surface area contributed by atoms with Crippen LogP contribution in [0.4, 0.5) is 0 Å². The third-order valence-electron chi connectivity index (χ3n) is 3.52. The summed E-state index contributed by atoms with van der Waals surface area (Å²) in [7, 11) is 0. The number of nitrogens with zero attached hydrogens (tertiary/aromatic N) is 3. The van der Waals surface area contributed by atoms with E-state index in [0.717, 1.165) is 15.8 Å². The number of aryl methyl sites for hydroxylation is 1. The van der Waals surface area contributed by atoms with Gasteiger partial charge in [-0.15, -0.1) is 0 Å². The number of aromatic nitrogens is 2. The normalized spacial score (nSPS) is 11.6. The summed E-state index contributed by atoms with van der Waals surface area (Å²) in [6, 6.07) is 13.0. The van der Waals surface area contributed by atoms with Gasteiger partial charge < -0.3 is 4.74 Å². The molecule has 0 aliphatic carbocycles. The Bertz CT molecular complexity index is 1010. The Morgan fingerprint density at radius 3 is 2.80 bits per heavy atom. The van der Waals surface area contributed by atoms with E-state index in [1.165, 1.54) is 4.68 Å². The molecule has 0 atom stereocenters. The van der Waals surface area contributed by atoms with E-state index in [4.69, 9.17) is 4.74 Å². The van der Waals surface area contributed by atoms with Gasteiger partial charge in [0, 0.05) is 4.47 Å². The Morgan fingerprint density at radius 1 is 1.24 bits per heavy atom. The minimum Gasteiger partial charge on any atom is -0.491 e. The van der Waals surface area contributed by atoms with E-state index in [0.29, 0.717) is 16.7 Å². The van der Waals surface area contributed by atoms with Crippen molar-refractivity contribution in [2.75, 3.05) is 0 Å². The summed E-state index contributed by atoms with van der Waals surface area (Å²) >= 11 is 3.38. The van der Waals surface area contributed by atoms with Crippen LogP contribution < -0.4 is 10.3 Å². The monoisotopic (exact) mass is 399 g/mol. The Hall–Kier alpha value is -2.47. The molecule has 128 valence electrons. The van der Waals surface area contributed by atoms with Crippen LogP contribution in [0.3, 0.4) is 0 Å². The average molecular weight is 400 g/mol. The quantitative estimate of drug-likeness (QED) is 0.619. The van der Waals surface area contributed by atoms with Gasteiger partial charge in [-0.1, -0.05) is 28.1 Å². The molecule has 0 unspecified atom stereocenters. The van der Waals surface area contributed by atoms with Crippen LogP contribution in [0.15, 0.2) is 56.8 Å². The molecule has 0 saturated heterocycles. The fourth-order valence-corrected chi connectivity index (χ4v) is 2.82. The average Bonchev–Trinajstić information content (AvgIpc) is 2.55. The molecule has 0 spiro atoms. The van der Waals surface area contributed by atoms with E-state index in [1.807, 2.05) is 50.2 Å². The molecule has 0 bridgehead atoms. The molecule has 1 aromatic heterocycles. The van der Waals surface area contributed by atoms with E-state index in [1.54, 1.807) is 19.2 Å². The van der Waals surface area contributed by atoms with E-state index < -0.39 is 0 Å². The Balaban J connectivity index is 2.00. The van der Waals surface area contributed by atoms with E-state index in [-0.39, 0.29) is 11.7 Å². The Kier molecular flexibility index (Phi) is 4.99. The van der Waals surface area contributed by atoms with Crippen molar-refractivity contribution < 1.29 is 4.74 Å². The van der Waals surface area contributed by atoms with Crippen molar-refractivity contribution in [3.63, 3.8) is 0 Å². The summed E-state index contributed by atoms with van der Waals surface area (Å²) in [4.78, 5) is 17.1. The van der Waals surface area contributed by atoms with Crippen LogP contribution in [0, 0.1) is 6.92 Å². The predicted octanol–water partition coefficient (Wildman–Crippen LogP) is 4.14. The molecule has 3 rings (SSSR count). The second-order valence-electron chi connectivity index (χ2n) is 5.92. The summed E-state index contributed by atoms with van der Waals surface area (Å²) in [5, 5.41) is 4.84. The lowest BCUT2D eigenvalue weighted by Gasteiger charge is -2.09. The maximum absolute atomic E-state index is 12.7.